The van der Waals surface area contributed by atoms with Crippen LogP contribution in [0.4, 0.5) is 0 Å². The lowest BCUT2D eigenvalue weighted by Gasteiger charge is -2.33. The maximum Gasteiger partial charge on any atom is 0.191 e. The Kier molecular flexibility index (Phi) is 11.9. The predicted octanol–water partition coefficient (Wildman–Crippen LogP) is 1.70. The van der Waals surface area contributed by atoms with Crippen LogP contribution in [0.25, 0.3) is 0 Å². The van der Waals surface area contributed by atoms with Crippen molar-refractivity contribution in [3.63, 3.8) is 0 Å². The molecule has 0 amide bonds. The largest absolute Gasteiger partial charge is 0.396 e. The molecular weight excluding hydrogens is 316 g/mol. The molecule has 0 aliphatic carbocycles. The van der Waals surface area contributed by atoms with Gasteiger partial charge in [-0.2, -0.15) is 0 Å². The first-order valence-electron chi connectivity index (χ1n) is 9.96. The van der Waals surface area contributed by atoms with Crippen LogP contribution in [0.2, 0.25) is 0 Å². The monoisotopic (exact) mass is 356 g/mol. The predicted molar refractivity (Wildman–Crippen MR) is 105 cm³/mol. The van der Waals surface area contributed by atoms with Gasteiger partial charge in [0.2, 0.25) is 0 Å². The van der Waals surface area contributed by atoms with Gasteiger partial charge in [-0.3, -0.25) is 4.99 Å². The van der Waals surface area contributed by atoms with E-state index in [1.807, 2.05) is 0 Å². The Morgan fingerprint density at radius 2 is 2.04 bits per heavy atom. The molecule has 1 aliphatic rings. The van der Waals surface area contributed by atoms with E-state index in [2.05, 4.69) is 36.3 Å². The normalized spacial score (nSPS) is 18.6. The number of aliphatic hydroxyl groups is 1. The van der Waals surface area contributed by atoms with Crippen LogP contribution in [0.1, 0.15) is 46.5 Å². The van der Waals surface area contributed by atoms with Crippen molar-refractivity contribution in [2.24, 2.45) is 16.8 Å². The first-order valence-corrected chi connectivity index (χ1v) is 9.96. The van der Waals surface area contributed by atoms with Gasteiger partial charge in [0.1, 0.15) is 0 Å². The van der Waals surface area contributed by atoms with E-state index in [1.165, 1.54) is 0 Å². The second kappa shape index (κ2) is 13.4. The second-order valence-corrected chi connectivity index (χ2v) is 7.48. The number of nitrogens with one attached hydrogen (secondary N) is 2. The molecule has 25 heavy (non-hydrogen) atoms. The quantitative estimate of drug-likeness (QED) is 0.388. The van der Waals surface area contributed by atoms with E-state index in [9.17, 15) is 5.11 Å². The first kappa shape index (κ1) is 22.2. The van der Waals surface area contributed by atoms with Crippen molar-refractivity contribution >= 4 is 5.96 Å². The van der Waals surface area contributed by atoms with Crippen LogP contribution in [0.15, 0.2) is 4.99 Å². The number of hydrogen-bond acceptors (Lipinski definition) is 4. The highest BCUT2D eigenvalue weighted by atomic mass is 16.5. The van der Waals surface area contributed by atoms with Crippen molar-refractivity contribution in [2.45, 2.75) is 52.5 Å². The Labute approximate surface area is 154 Å². The van der Waals surface area contributed by atoms with E-state index in [0.29, 0.717) is 17.9 Å². The van der Waals surface area contributed by atoms with Crippen LogP contribution in [0, 0.1) is 11.8 Å². The number of aliphatic hydroxyl groups excluding tert-OH is 1. The lowest BCUT2D eigenvalue weighted by Crippen LogP contribution is -2.49. The van der Waals surface area contributed by atoms with Gasteiger partial charge in [-0.15, -0.1) is 0 Å². The van der Waals surface area contributed by atoms with E-state index in [4.69, 9.17) is 9.73 Å². The minimum Gasteiger partial charge on any atom is -0.396 e. The fraction of sp³-hybridized carbons (Fsp3) is 0.947. The van der Waals surface area contributed by atoms with Crippen molar-refractivity contribution in [1.82, 2.24) is 15.5 Å². The van der Waals surface area contributed by atoms with Gasteiger partial charge in [0, 0.05) is 52.5 Å². The molecule has 0 bridgehead atoms. The maximum atomic E-state index is 9.27. The first-order chi connectivity index (χ1) is 12.1. The number of ether oxygens (including phenoxy) is 1. The summed E-state index contributed by atoms with van der Waals surface area (Å²) in [6, 6.07) is 0.484. The van der Waals surface area contributed by atoms with Crippen LogP contribution in [-0.2, 0) is 4.74 Å². The summed E-state index contributed by atoms with van der Waals surface area (Å²) in [5.74, 6) is 2.01. The highest BCUT2D eigenvalue weighted by molar-refractivity contribution is 5.80. The number of hydrogen-bond donors (Lipinski definition) is 3. The van der Waals surface area contributed by atoms with Crippen LogP contribution < -0.4 is 10.6 Å². The SMILES string of the molecule is CCNC(=NCC(CCO)CC(C)C)NC1CCN(CCOC)CC1. The van der Waals surface area contributed by atoms with Crippen molar-refractivity contribution < 1.29 is 9.84 Å². The van der Waals surface area contributed by atoms with E-state index in [1.54, 1.807) is 7.11 Å². The van der Waals surface area contributed by atoms with Crippen LogP contribution >= 0.6 is 0 Å². The molecule has 0 aromatic rings. The van der Waals surface area contributed by atoms with E-state index in [0.717, 1.165) is 71.0 Å². The minimum absolute atomic E-state index is 0.247. The molecule has 0 aromatic carbocycles. The van der Waals surface area contributed by atoms with Crippen LogP contribution in [0.5, 0.6) is 0 Å². The summed E-state index contributed by atoms with van der Waals surface area (Å²) in [5, 5.41) is 16.2. The molecule has 1 heterocycles. The van der Waals surface area contributed by atoms with Gasteiger partial charge in [0.15, 0.2) is 5.96 Å². The van der Waals surface area contributed by atoms with Gasteiger partial charge in [0.05, 0.1) is 6.61 Å². The minimum atomic E-state index is 0.247. The molecule has 1 atom stereocenters. The molecule has 1 rings (SSSR count). The number of guanidine groups is 1. The molecule has 148 valence electrons. The molecule has 1 saturated heterocycles. The second-order valence-electron chi connectivity index (χ2n) is 7.48. The molecule has 1 aliphatic heterocycles. The van der Waals surface area contributed by atoms with Crippen molar-refractivity contribution in [2.75, 3.05) is 53.0 Å². The van der Waals surface area contributed by atoms with Crippen molar-refractivity contribution in [3.05, 3.63) is 0 Å². The summed E-state index contributed by atoms with van der Waals surface area (Å²) in [6.45, 7) is 12.5. The van der Waals surface area contributed by atoms with Gasteiger partial charge < -0.3 is 25.4 Å². The summed E-state index contributed by atoms with van der Waals surface area (Å²) in [7, 11) is 1.76. The topological polar surface area (TPSA) is 69.1 Å². The van der Waals surface area contributed by atoms with Gasteiger partial charge in [-0.05, 0) is 44.4 Å². The molecule has 6 heteroatoms. The Bertz CT molecular complexity index is 355. The number of piperidine rings is 1. The van der Waals surface area contributed by atoms with E-state index in [-0.39, 0.29) is 6.61 Å². The summed E-state index contributed by atoms with van der Waals surface area (Å²) < 4.78 is 5.17. The highest BCUT2D eigenvalue weighted by Crippen LogP contribution is 2.16. The van der Waals surface area contributed by atoms with Gasteiger partial charge in [-0.1, -0.05) is 13.8 Å². The maximum absolute atomic E-state index is 9.27. The van der Waals surface area contributed by atoms with Crippen LogP contribution in [-0.4, -0.2) is 75.1 Å². The van der Waals surface area contributed by atoms with E-state index >= 15 is 0 Å². The Morgan fingerprint density at radius 3 is 2.60 bits per heavy atom. The highest BCUT2D eigenvalue weighted by Gasteiger charge is 2.20. The number of nitrogens with zero attached hydrogens (tertiary/aromatic N) is 2. The molecular formula is C19H40N4O2. The van der Waals surface area contributed by atoms with Gasteiger partial charge in [-0.25, -0.2) is 0 Å². The number of likely N-dealkylation sites (tertiary alicyclic amines) is 1. The summed E-state index contributed by atoms with van der Waals surface area (Å²) in [6.07, 6.45) is 4.22. The molecule has 0 aromatic heterocycles. The van der Waals surface area contributed by atoms with Gasteiger partial charge in [0.25, 0.3) is 0 Å². The zero-order chi connectivity index (χ0) is 18.5. The fourth-order valence-electron chi connectivity index (χ4n) is 3.39. The Morgan fingerprint density at radius 1 is 1.32 bits per heavy atom. The molecule has 3 N–H and O–H groups in total. The molecule has 0 saturated carbocycles. The Balaban J connectivity index is 2.47. The summed E-state index contributed by atoms with van der Waals surface area (Å²) in [5.41, 5.74) is 0. The zero-order valence-electron chi connectivity index (χ0n) is 16.8. The lowest BCUT2D eigenvalue weighted by atomic mass is 9.94. The zero-order valence-corrected chi connectivity index (χ0v) is 16.8. The van der Waals surface area contributed by atoms with Crippen molar-refractivity contribution in [1.29, 1.82) is 0 Å². The lowest BCUT2D eigenvalue weighted by molar-refractivity contribution is 0.128. The number of aliphatic imine (C=N–C) groups is 1. The average Bonchev–Trinajstić information content (AvgIpc) is 2.59. The average molecular weight is 357 g/mol. The third-order valence-corrected chi connectivity index (χ3v) is 4.73. The van der Waals surface area contributed by atoms with Crippen molar-refractivity contribution in [3.8, 4) is 0 Å². The number of methoxy groups -OCH3 is 1. The summed E-state index contributed by atoms with van der Waals surface area (Å²) in [4.78, 5) is 7.26. The standard InChI is InChI=1S/C19H40N4O2/c1-5-20-19(21-15-17(8-12-24)14-16(2)3)22-18-6-9-23(10-7-18)11-13-25-4/h16-18,24H,5-15H2,1-4H3,(H2,20,21,22). The molecule has 1 fully saturated rings. The van der Waals surface area contributed by atoms with Gasteiger partial charge >= 0.3 is 0 Å². The third-order valence-electron chi connectivity index (χ3n) is 4.73. The smallest absolute Gasteiger partial charge is 0.191 e. The number of rotatable bonds is 11. The Hall–Kier alpha value is -0.850. The van der Waals surface area contributed by atoms with E-state index < -0.39 is 0 Å². The molecule has 6 nitrogen and oxygen atoms in total. The third kappa shape index (κ3) is 10.0. The summed E-state index contributed by atoms with van der Waals surface area (Å²) >= 11 is 0. The molecule has 0 spiro atoms. The molecule has 1 unspecified atom stereocenters. The molecule has 0 radical (unpaired) electrons. The van der Waals surface area contributed by atoms with Crippen LogP contribution in [0.3, 0.4) is 0 Å². The fourth-order valence-corrected chi connectivity index (χ4v) is 3.39.